The fourth-order valence-corrected chi connectivity index (χ4v) is 5.72. The average Bonchev–Trinajstić information content (AvgIpc) is 3.06. The molecule has 0 spiro atoms. The summed E-state index contributed by atoms with van der Waals surface area (Å²) < 4.78 is 24.1. The Morgan fingerprint density at radius 1 is 0.821 bits per heavy atom. The van der Waals surface area contributed by atoms with Crippen LogP contribution in [0.1, 0.15) is 0 Å². The van der Waals surface area contributed by atoms with E-state index in [1.165, 1.54) is 0 Å². The Bertz CT molecular complexity index is 922. The molecular formula is C22H24N3O2P. The maximum absolute atomic E-state index is 14.1. The van der Waals surface area contributed by atoms with Gasteiger partial charge in [-0.25, -0.2) is 9.24 Å². The summed E-state index contributed by atoms with van der Waals surface area (Å²) in [4.78, 5) is 0. The lowest BCUT2D eigenvalue weighted by molar-refractivity contribution is 0.389. The molecule has 0 radical (unpaired) electrons. The van der Waals surface area contributed by atoms with Crippen LogP contribution in [-0.2, 0) is 4.57 Å². The first-order valence-corrected chi connectivity index (χ1v) is 11.0. The summed E-state index contributed by atoms with van der Waals surface area (Å²) in [5, 5.41) is 3.39. The second kappa shape index (κ2) is 8.51. The van der Waals surface area contributed by atoms with Crippen molar-refractivity contribution in [1.29, 1.82) is 0 Å². The molecule has 1 N–H and O–H groups in total. The number of para-hydroxylation sites is 3. The molecule has 0 amide bonds. The topological polar surface area (TPSA) is 44.8 Å². The lowest BCUT2D eigenvalue weighted by Crippen LogP contribution is -2.27. The second-order valence-electron chi connectivity index (χ2n) is 6.60. The number of benzene rings is 3. The Morgan fingerprint density at radius 2 is 1.43 bits per heavy atom. The largest absolute Gasteiger partial charge is 0.422 e. The molecule has 1 saturated heterocycles. The summed E-state index contributed by atoms with van der Waals surface area (Å²) in [6.45, 7) is 2.67. The molecule has 144 valence electrons. The van der Waals surface area contributed by atoms with E-state index in [-0.39, 0.29) is 0 Å². The van der Waals surface area contributed by atoms with Gasteiger partial charge in [0.25, 0.3) is 0 Å². The highest BCUT2D eigenvalue weighted by atomic mass is 31.2. The number of hydrogen-bond donors (Lipinski definition) is 1. The predicted octanol–water partition coefficient (Wildman–Crippen LogP) is 5.11. The predicted molar refractivity (Wildman–Crippen MR) is 115 cm³/mol. The first-order chi connectivity index (χ1) is 13.8. The first kappa shape index (κ1) is 18.6. The molecule has 0 bridgehead atoms. The molecule has 3 aromatic rings. The van der Waals surface area contributed by atoms with Crippen LogP contribution in [0.5, 0.6) is 5.75 Å². The second-order valence-corrected chi connectivity index (χ2v) is 8.81. The van der Waals surface area contributed by atoms with Crippen LogP contribution in [0, 0.1) is 0 Å². The SMILES string of the molecule is O=P1(Oc2ccccc2)N(CCNc2ccccc2)CCN1c1ccccc1. The molecule has 1 atom stereocenters. The average molecular weight is 393 g/mol. The van der Waals surface area contributed by atoms with Crippen LogP contribution in [0.25, 0.3) is 0 Å². The number of anilines is 2. The van der Waals surface area contributed by atoms with Gasteiger partial charge in [-0.05, 0) is 36.4 Å². The quantitative estimate of drug-likeness (QED) is 0.565. The van der Waals surface area contributed by atoms with E-state index in [4.69, 9.17) is 4.52 Å². The highest BCUT2D eigenvalue weighted by Crippen LogP contribution is 2.58. The molecule has 28 heavy (non-hydrogen) atoms. The lowest BCUT2D eigenvalue weighted by Gasteiger charge is -2.30. The van der Waals surface area contributed by atoms with Gasteiger partial charge < -0.3 is 9.84 Å². The number of hydrogen-bond acceptors (Lipinski definition) is 3. The molecule has 0 aromatic heterocycles. The zero-order valence-electron chi connectivity index (χ0n) is 15.6. The van der Waals surface area contributed by atoms with Gasteiger partial charge in [-0.2, -0.15) is 0 Å². The minimum absolute atomic E-state index is 0.620. The molecule has 1 heterocycles. The highest BCUT2D eigenvalue weighted by Gasteiger charge is 2.45. The van der Waals surface area contributed by atoms with Gasteiger partial charge in [-0.15, -0.1) is 0 Å². The third kappa shape index (κ3) is 4.06. The van der Waals surface area contributed by atoms with Crippen LogP contribution >= 0.6 is 7.67 Å². The Hall–Kier alpha value is -2.75. The van der Waals surface area contributed by atoms with Crippen LogP contribution < -0.4 is 14.5 Å². The molecule has 0 aliphatic carbocycles. The fourth-order valence-electron chi connectivity index (χ4n) is 3.34. The van der Waals surface area contributed by atoms with Gasteiger partial charge in [-0.3, -0.25) is 4.67 Å². The zero-order valence-corrected chi connectivity index (χ0v) is 16.5. The van der Waals surface area contributed by atoms with Gasteiger partial charge in [-0.1, -0.05) is 54.6 Å². The summed E-state index contributed by atoms with van der Waals surface area (Å²) in [7, 11) is -3.23. The molecule has 1 unspecified atom stereocenters. The molecule has 1 aliphatic heterocycles. The van der Waals surface area contributed by atoms with Crippen LogP contribution in [0.3, 0.4) is 0 Å². The van der Waals surface area contributed by atoms with Crippen LogP contribution in [0.15, 0.2) is 91.0 Å². The van der Waals surface area contributed by atoms with E-state index in [1.807, 2.05) is 100 Å². The lowest BCUT2D eigenvalue weighted by atomic mass is 10.3. The Labute approximate surface area is 166 Å². The van der Waals surface area contributed by atoms with Crippen LogP contribution in [0.4, 0.5) is 11.4 Å². The van der Waals surface area contributed by atoms with E-state index < -0.39 is 7.67 Å². The van der Waals surface area contributed by atoms with Crippen molar-refractivity contribution in [2.45, 2.75) is 0 Å². The van der Waals surface area contributed by atoms with Gasteiger partial charge in [0.1, 0.15) is 5.75 Å². The fraction of sp³-hybridized carbons (Fsp3) is 0.182. The molecule has 4 rings (SSSR count). The molecule has 5 nitrogen and oxygen atoms in total. The van der Waals surface area contributed by atoms with E-state index in [9.17, 15) is 4.57 Å². The van der Waals surface area contributed by atoms with Crippen molar-refractivity contribution < 1.29 is 9.09 Å². The maximum atomic E-state index is 14.1. The van der Waals surface area contributed by atoms with Gasteiger partial charge in [0.2, 0.25) is 0 Å². The minimum atomic E-state index is -3.23. The van der Waals surface area contributed by atoms with Crippen molar-refractivity contribution in [2.75, 3.05) is 36.2 Å². The monoisotopic (exact) mass is 393 g/mol. The molecule has 3 aromatic carbocycles. The highest BCUT2D eigenvalue weighted by molar-refractivity contribution is 7.59. The third-order valence-electron chi connectivity index (χ3n) is 4.73. The van der Waals surface area contributed by atoms with E-state index in [0.29, 0.717) is 31.9 Å². The number of rotatable bonds is 7. The van der Waals surface area contributed by atoms with E-state index >= 15 is 0 Å². The van der Waals surface area contributed by atoms with Crippen LogP contribution in [-0.4, -0.2) is 30.8 Å². The Balaban J connectivity index is 1.53. The number of nitrogens with zero attached hydrogens (tertiary/aromatic N) is 2. The molecule has 1 fully saturated rings. The van der Waals surface area contributed by atoms with E-state index in [1.54, 1.807) is 0 Å². The molecular weight excluding hydrogens is 369 g/mol. The zero-order chi connectivity index (χ0) is 19.2. The minimum Gasteiger partial charge on any atom is -0.418 e. The smallest absolute Gasteiger partial charge is 0.418 e. The van der Waals surface area contributed by atoms with Gasteiger partial charge in [0.15, 0.2) is 0 Å². The maximum Gasteiger partial charge on any atom is 0.422 e. The molecule has 0 saturated carbocycles. The standard InChI is InChI=1S/C22H24N3O2P/c26-28(27-22-14-8-3-9-15-22)24(17-16-23-20-10-4-1-5-11-20)18-19-25(28)21-12-6-2-7-13-21/h1-15,23H,16-19H2. The summed E-state index contributed by atoms with van der Waals surface area (Å²) >= 11 is 0. The molecule has 1 aliphatic rings. The summed E-state index contributed by atoms with van der Waals surface area (Å²) in [6.07, 6.45) is 0. The van der Waals surface area contributed by atoms with Crippen molar-refractivity contribution in [2.24, 2.45) is 0 Å². The van der Waals surface area contributed by atoms with E-state index in [0.717, 1.165) is 11.4 Å². The number of nitrogens with one attached hydrogen (secondary N) is 1. The van der Waals surface area contributed by atoms with Crippen molar-refractivity contribution in [3.05, 3.63) is 91.0 Å². The normalized spacial score (nSPS) is 19.5. The van der Waals surface area contributed by atoms with Gasteiger partial charge in [0, 0.05) is 37.6 Å². The van der Waals surface area contributed by atoms with Crippen molar-refractivity contribution in [3.8, 4) is 5.75 Å². The molecule has 6 heteroatoms. The third-order valence-corrected chi connectivity index (χ3v) is 7.33. The summed E-state index contributed by atoms with van der Waals surface area (Å²) in [6, 6.07) is 29.3. The summed E-state index contributed by atoms with van der Waals surface area (Å²) in [5.41, 5.74) is 1.97. The van der Waals surface area contributed by atoms with Gasteiger partial charge >= 0.3 is 7.67 Å². The van der Waals surface area contributed by atoms with Crippen LogP contribution in [0.2, 0.25) is 0 Å². The van der Waals surface area contributed by atoms with Gasteiger partial charge in [0.05, 0.1) is 0 Å². The van der Waals surface area contributed by atoms with Crippen molar-refractivity contribution in [3.63, 3.8) is 0 Å². The van der Waals surface area contributed by atoms with E-state index in [2.05, 4.69) is 5.32 Å². The van der Waals surface area contributed by atoms with Crippen molar-refractivity contribution >= 4 is 19.0 Å². The first-order valence-electron chi connectivity index (χ1n) is 9.48. The Kier molecular flexibility index (Phi) is 5.65. The van der Waals surface area contributed by atoms with Crippen molar-refractivity contribution in [1.82, 2.24) is 4.67 Å². The summed E-state index contributed by atoms with van der Waals surface area (Å²) in [5.74, 6) is 0.620. The Morgan fingerprint density at radius 3 is 2.11 bits per heavy atom.